The van der Waals surface area contributed by atoms with Gasteiger partial charge in [-0.25, -0.2) is 0 Å². The lowest BCUT2D eigenvalue weighted by molar-refractivity contribution is 0.457. The van der Waals surface area contributed by atoms with E-state index in [2.05, 4.69) is 58.2 Å². The van der Waals surface area contributed by atoms with Gasteiger partial charge in [-0.15, -0.1) is 0 Å². The molecule has 0 bridgehead atoms. The van der Waals surface area contributed by atoms with Crippen LogP contribution in [-0.2, 0) is 13.6 Å². The van der Waals surface area contributed by atoms with Gasteiger partial charge in [0, 0.05) is 25.4 Å². The molecule has 0 saturated heterocycles. The van der Waals surface area contributed by atoms with Gasteiger partial charge in [0.05, 0.1) is 5.69 Å². The molecule has 0 aliphatic heterocycles. The lowest BCUT2D eigenvalue weighted by Gasteiger charge is -2.08. The minimum atomic E-state index is 0.468. The second-order valence-corrected chi connectivity index (χ2v) is 7.49. The maximum Gasteiger partial charge on any atom is 0.0694 e. The summed E-state index contributed by atoms with van der Waals surface area (Å²) in [5.41, 5.74) is 3.50. The second-order valence-electron chi connectivity index (χ2n) is 7.49. The Labute approximate surface area is 117 Å². The van der Waals surface area contributed by atoms with Crippen LogP contribution in [0, 0.1) is 16.7 Å². The molecule has 19 heavy (non-hydrogen) atoms. The van der Waals surface area contributed by atoms with E-state index in [1.807, 2.05) is 11.7 Å². The molecule has 1 heterocycles. The van der Waals surface area contributed by atoms with Crippen molar-refractivity contribution in [3.8, 4) is 0 Å². The fourth-order valence-electron chi connectivity index (χ4n) is 3.37. The highest BCUT2D eigenvalue weighted by atomic mass is 15.3. The molecule has 108 valence electrons. The van der Waals surface area contributed by atoms with Gasteiger partial charge in [-0.3, -0.25) is 4.68 Å². The Morgan fingerprint density at radius 2 is 1.84 bits per heavy atom. The van der Waals surface area contributed by atoms with E-state index in [1.165, 1.54) is 11.3 Å². The van der Waals surface area contributed by atoms with E-state index >= 15 is 0 Å². The molecule has 3 nitrogen and oxygen atoms in total. The summed E-state index contributed by atoms with van der Waals surface area (Å²) in [5, 5.41) is 8.19. The molecule has 1 aliphatic carbocycles. The summed E-state index contributed by atoms with van der Waals surface area (Å²) in [5.74, 6) is 1.27. The molecular formula is C16H29N3. The molecule has 1 fully saturated rings. The van der Waals surface area contributed by atoms with Crippen LogP contribution < -0.4 is 5.32 Å². The van der Waals surface area contributed by atoms with Crippen molar-refractivity contribution in [1.29, 1.82) is 0 Å². The average molecular weight is 263 g/mol. The summed E-state index contributed by atoms with van der Waals surface area (Å²) in [4.78, 5) is 0. The van der Waals surface area contributed by atoms with Crippen molar-refractivity contribution in [2.24, 2.45) is 23.8 Å². The van der Waals surface area contributed by atoms with Gasteiger partial charge in [0.15, 0.2) is 0 Å². The fraction of sp³-hybridized carbons (Fsp3) is 0.812. The summed E-state index contributed by atoms with van der Waals surface area (Å²) >= 11 is 0. The SMILES string of the molecule is CC(C)c1nn(C)cc1CNCC1C(C)(C)C1(C)C. The Kier molecular flexibility index (Phi) is 3.54. The summed E-state index contributed by atoms with van der Waals surface area (Å²) in [7, 11) is 2.00. The standard InChI is InChI=1S/C16H29N3/c1-11(2)14-12(10-19(7)18-14)8-17-9-13-15(3,4)16(13,5)6/h10-11,13,17H,8-9H2,1-7H3. The minimum absolute atomic E-state index is 0.468. The number of nitrogens with one attached hydrogen (secondary N) is 1. The first-order valence-corrected chi connectivity index (χ1v) is 7.41. The Morgan fingerprint density at radius 1 is 1.26 bits per heavy atom. The van der Waals surface area contributed by atoms with Crippen LogP contribution in [0.2, 0.25) is 0 Å². The molecule has 2 rings (SSSR count). The smallest absolute Gasteiger partial charge is 0.0694 e. The van der Waals surface area contributed by atoms with Crippen LogP contribution in [-0.4, -0.2) is 16.3 Å². The van der Waals surface area contributed by atoms with Crippen molar-refractivity contribution in [2.75, 3.05) is 6.54 Å². The van der Waals surface area contributed by atoms with E-state index in [9.17, 15) is 0 Å². The van der Waals surface area contributed by atoms with Crippen LogP contribution in [0.15, 0.2) is 6.20 Å². The van der Waals surface area contributed by atoms with Gasteiger partial charge in [0.2, 0.25) is 0 Å². The zero-order valence-electron chi connectivity index (χ0n) is 13.5. The first kappa shape index (κ1) is 14.6. The molecule has 0 spiro atoms. The molecule has 1 N–H and O–H groups in total. The molecule has 1 saturated carbocycles. The molecule has 0 aromatic carbocycles. The Bertz CT molecular complexity index is 441. The molecule has 0 unspecified atom stereocenters. The second kappa shape index (κ2) is 4.62. The van der Waals surface area contributed by atoms with E-state index in [-0.39, 0.29) is 0 Å². The van der Waals surface area contributed by atoms with Crippen LogP contribution >= 0.6 is 0 Å². The van der Waals surface area contributed by atoms with E-state index in [0.717, 1.165) is 19.0 Å². The maximum absolute atomic E-state index is 4.56. The van der Waals surface area contributed by atoms with Crippen molar-refractivity contribution >= 4 is 0 Å². The average Bonchev–Trinajstić information content (AvgIpc) is 2.62. The molecule has 3 heteroatoms. The Morgan fingerprint density at radius 3 is 2.32 bits per heavy atom. The van der Waals surface area contributed by atoms with Gasteiger partial charge in [-0.2, -0.15) is 5.10 Å². The van der Waals surface area contributed by atoms with Gasteiger partial charge >= 0.3 is 0 Å². The Balaban J connectivity index is 1.91. The summed E-state index contributed by atoms with van der Waals surface area (Å²) in [6.07, 6.45) is 2.14. The third-order valence-corrected chi connectivity index (χ3v) is 5.47. The summed E-state index contributed by atoms with van der Waals surface area (Å²) in [6.45, 7) is 16.0. The highest BCUT2D eigenvalue weighted by Crippen LogP contribution is 2.67. The molecule has 0 amide bonds. The fourth-order valence-corrected chi connectivity index (χ4v) is 3.37. The zero-order chi connectivity index (χ0) is 14.4. The predicted molar refractivity (Wildman–Crippen MR) is 80.1 cm³/mol. The van der Waals surface area contributed by atoms with Crippen molar-refractivity contribution in [3.63, 3.8) is 0 Å². The zero-order valence-corrected chi connectivity index (χ0v) is 13.5. The van der Waals surface area contributed by atoms with Gasteiger partial charge in [0.1, 0.15) is 0 Å². The number of nitrogens with zero attached hydrogens (tertiary/aromatic N) is 2. The van der Waals surface area contributed by atoms with Crippen molar-refractivity contribution in [2.45, 2.75) is 54.0 Å². The largest absolute Gasteiger partial charge is 0.312 e. The maximum atomic E-state index is 4.56. The molecule has 0 atom stereocenters. The Hall–Kier alpha value is -0.830. The van der Waals surface area contributed by atoms with Gasteiger partial charge < -0.3 is 5.32 Å². The first-order chi connectivity index (χ1) is 8.68. The topological polar surface area (TPSA) is 29.9 Å². The molecule has 1 aromatic heterocycles. The number of hydrogen-bond donors (Lipinski definition) is 1. The van der Waals surface area contributed by atoms with E-state index in [0.29, 0.717) is 16.7 Å². The van der Waals surface area contributed by atoms with Crippen LogP contribution in [0.3, 0.4) is 0 Å². The minimum Gasteiger partial charge on any atom is -0.312 e. The quantitative estimate of drug-likeness (QED) is 0.883. The van der Waals surface area contributed by atoms with Crippen LogP contribution in [0.1, 0.15) is 58.7 Å². The van der Waals surface area contributed by atoms with E-state index < -0.39 is 0 Å². The normalized spacial score (nSPS) is 21.1. The van der Waals surface area contributed by atoms with E-state index in [1.54, 1.807) is 0 Å². The summed E-state index contributed by atoms with van der Waals surface area (Å²) in [6, 6.07) is 0. The van der Waals surface area contributed by atoms with Crippen LogP contribution in [0.5, 0.6) is 0 Å². The molecule has 1 aromatic rings. The van der Waals surface area contributed by atoms with Gasteiger partial charge in [-0.1, -0.05) is 41.5 Å². The number of hydrogen-bond acceptors (Lipinski definition) is 2. The highest BCUT2D eigenvalue weighted by Gasteiger charge is 2.63. The lowest BCUT2D eigenvalue weighted by Crippen LogP contribution is -2.19. The number of aromatic nitrogens is 2. The van der Waals surface area contributed by atoms with Crippen molar-refractivity contribution in [1.82, 2.24) is 15.1 Å². The van der Waals surface area contributed by atoms with Gasteiger partial charge in [-0.05, 0) is 29.2 Å². The van der Waals surface area contributed by atoms with Crippen molar-refractivity contribution in [3.05, 3.63) is 17.5 Å². The highest BCUT2D eigenvalue weighted by molar-refractivity contribution is 5.20. The summed E-state index contributed by atoms with van der Waals surface area (Å²) < 4.78 is 1.93. The first-order valence-electron chi connectivity index (χ1n) is 7.41. The van der Waals surface area contributed by atoms with Crippen LogP contribution in [0.25, 0.3) is 0 Å². The number of rotatable bonds is 5. The van der Waals surface area contributed by atoms with E-state index in [4.69, 9.17) is 0 Å². The lowest BCUT2D eigenvalue weighted by atomic mass is 10.0. The third kappa shape index (κ3) is 2.45. The van der Waals surface area contributed by atoms with Crippen molar-refractivity contribution < 1.29 is 0 Å². The van der Waals surface area contributed by atoms with Crippen LogP contribution in [0.4, 0.5) is 0 Å². The van der Waals surface area contributed by atoms with Gasteiger partial charge in [0.25, 0.3) is 0 Å². The molecule has 0 radical (unpaired) electrons. The number of aryl methyl sites for hydroxylation is 1. The predicted octanol–water partition coefficient (Wildman–Crippen LogP) is 3.32. The molecular weight excluding hydrogens is 234 g/mol. The monoisotopic (exact) mass is 263 g/mol. The third-order valence-electron chi connectivity index (χ3n) is 5.47. The molecule has 1 aliphatic rings.